The van der Waals surface area contributed by atoms with Crippen LogP contribution in [0.3, 0.4) is 0 Å². The van der Waals surface area contributed by atoms with E-state index in [0.29, 0.717) is 37.4 Å². The smallest absolute Gasteiger partial charge is 0.263 e. The molecule has 4 rings (SSSR count). The Bertz CT molecular complexity index is 1380. The minimum absolute atomic E-state index is 0.252. The Morgan fingerprint density at radius 1 is 1.23 bits per heavy atom. The fourth-order valence-corrected chi connectivity index (χ4v) is 4.26. The Labute approximate surface area is 182 Å². The summed E-state index contributed by atoms with van der Waals surface area (Å²) in [6.45, 7) is 0. The highest BCUT2D eigenvalue weighted by Crippen LogP contribution is 2.29. The molecule has 0 unspecified atom stereocenters. The molecule has 3 heterocycles. The molecule has 1 amide bonds. The van der Waals surface area contributed by atoms with Gasteiger partial charge in [-0.05, 0) is 30.3 Å². The molecule has 1 aliphatic heterocycles. The molecule has 0 aliphatic carbocycles. The van der Waals surface area contributed by atoms with Gasteiger partial charge in [0.15, 0.2) is 5.58 Å². The van der Waals surface area contributed by atoms with E-state index in [1.165, 1.54) is 11.8 Å². The van der Waals surface area contributed by atoms with Crippen LogP contribution in [0.4, 0.5) is 5.69 Å². The van der Waals surface area contributed by atoms with Crippen LogP contribution in [-0.2, 0) is 14.8 Å². The summed E-state index contributed by atoms with van der Waals surface area (Å²) in [6, 6.07) is 8.47. The third-order valence-electron chi connectivity index (χ3n) is 3.89. The van der Waals surface area contributed by atoms with E-state index in [0.717, 1.165) is 11.6 Å². The van der Waals surface area contributed by atoms with Crippen LogP contribution in [0.25, 0.3) is 17.0 Å². The second-order valence-corrected chi connectivity index (χ2v) is 9.78. The topological polar surface area (TPSA) is 101 Å². The number of fused-ring (bicyclic) bond motifs is 1. The van der Waals surface area contributed by atoms with Gasteiger partial charge < -0.3 is 9.73 Å². The molecule has 0 bridgehead atoms. The Balaban J connectivity index is 1.62. The van der Waals surface area contributed by atoms with Crippen molar-refractivity contribution in [2.45, 2.75) is 0 Å². The molecule has 1 saturated heterocycles. The van der Waals surface area contributed by atoms with Crippen LogP contribution < -0.4 is 10.0 Å². The molecule has 3 aromatic rings. The summed E-state index contributed by atoms with van der Waals surface area (Å²) >= 11 is 6.17. The number of pyridine rings is 1. The largest absolute Gasteiger partial charge is 0.455 e. The number of nitrogens with one attached hydrogen (secondary N) is 2. The maximum atomic E-state index is 11.8. The van der Waals surface area contributed by atoms with Gasteiger partial charge >= 0.3 is 0 Å². The number of aromatic nitrogens is 1. The number of sulfonamides is 1. The first kappa shape index (κ1) is 20.2. The molecule has 0 spiro atoms. The maximum Gasteiger partial charge on any atom is 0.263 e. The number of nitrogens with zero attached hydrogens (tertiary/aromatic N) is 1. The van der Waals surface area contributed by atoms with E-state index in [9.17, 15) is 13.2 Å². The maximum absolute atomic E-state index is 11.8. The molecule has 1 fully saturated rings. The number of benzene rings is 1. The Morgan fingerprint density at radius 2 is 2.00 bits per heavy atom. The molecule has 2 N–H and O–H groups in total. The summed E-state index contributed by atoms with van der Waals surface area (Å²) in [5.74, 6) is 6.28. The Kier molecular flexibility index (Phi) is 5.34. The van der Waals surface area contributed by atoms with Crippen LogP contribution in [0.1, 0.15) is 16.9 Å². The van der Waals surface area contributed by atoms with Crippen molar-refractivity contribution in [1.29, 1.82) is 0 Å². The standard InChI is InChI=1S/C20H13N3O4S3/c1-30(25,26)23-15-6-3-12(4-7-15)2-5-13-10-21-11-14-8-16(27-18(13)14)9-17-19(24)22-20(28)29-17/h3-4,6-11,23H,1H3,(H,22,24,28)/b17-9-. The lowest BCUT2D eigenvalue weighted by molar-refractivity contribution is -0.115. The van der Waals surface area contributed by atoms with E-state index in [4.69, 9.17) is 16.6 Å². The minimum Gasteiger partial charge on any atom is -0.455 e. The van der Waals surface area contributed by atoms with Crippen molar-refractivity contribution in [3.63, 3.8) is 0 Å². The summed E-state index contributed by atoms with van der Waals surface area (Å²) in [4.78, 5) is 16.5. The Morgan fingerprint density at radius 3 is 2.67 bits per heavy atom. The average molecular weight is 456 g/mol. The number of hydrogen-bond donors (Lipinski definition) is 2. The summed E-state index contributed by atoms with van der Waals surface area (Å²) in [5, 5.41) is 3.32. The van der Waals surface area contributed by atoms with E-state index in [-0.39, 0.29) is 5.91 Å². The molecular formula is C20H13N3O4S3. The van der Waals surface area contributed by atoms with Crippen molar-refractivity contribution < 1.29 is 17.6 Å². The predicted octanol–water partition coefficient (Wildman–Crippen LogP) is 3.09. The number of carbonyl (C=O) groups excluding carboxylic acids is 1. The number of thioether (sulfide) groups is 1. The second kappa shape index (κ2) is 7.95. The van der Waals surface area contributed by atoms with Gasteiger partial charge in [0, 0.05) is 35.1 Å². The number of amides is 1. The molecule has 150 valence electrons. The van der Waals surface area contributed by atoms with E-state index in [2.05, 4.69) is 26.9 Å². The fourth-order valence-electron chi connectivity index (χ4n) is 2.67. The molecule has 7 nitrogen and oxygen atoms in total. The molecule has 30 heavy (non-hydrogen) atoms. The number of carbonyl (C=O) groups is 1. The number of hydrogen-bond acceptors (Lipinski definition) is 7. The van der Waals surface area contributed by atoms with Crippen LogP contribution in [-0.4, -0.2) is 29.9 Å². The van der Waals surface area contributed by atoms with E-state index in [1.807, 2.05) is 0 Å². The highest BCUT2D eigenvalue weighted by molar-refractivity contribution is 8.26. The van der Waals surface area contributed by atoms with Gasteiger partial charge in [-0.3, -0.25) is 14.5 Å². The normalized spacial score (nSPS) is 15.2. The van der Waals surface area contributed by atoms with Crippen molar-refractivity contribution >= 4 is 67.0 Å². The first-order chi connectivity index (χ1) is 14.3. The summed E-state index contributed by atoms with van der Waals surface area (Å²) in [7, 11) is -3.33. The third kappa shape index (κ3) is 4.71. The summed E-state index contributed by atoms with van der Waals surface area (Å²) in [5.41, 5.74) is 2.32. The van der Waals surface area contributed by atoms with Crippen molar-refractivity contribution in [3.05, 3.63) is 64.5 Å². The zero-order chi connectivity index (χ0) is 21.3. The van der Waals surface area contributed by atoms with Crippen LogP contribution in [0, 0.1) is 11.8 Å². The van der Waals surface area contributed by atoms with Gasteiger partial charge in [0.25, 0.3) is 5.91 Å². The minimum atomic E-state index is -3.33. The lowest BCUT2D eigenvalue weighted by Crippen LogP contribution is -2.17. The predicted molar refractivity (Wildman–Crippen MR) is 121 cm³/mol. The Hall–Kier alpha value is -3.13. The van der Waals surface area contributed by atoms with Crippen molar-refractivity contribution in [2.75, 3.05) is 11.0 Å². The molecule has 2 aromatic heterocycles. The monoisotopic (exact) mass is 455 g/mol. The van der Waals surface area contributed by atoms with Gasteiger partial charge in [-0.1, -0.05) is 35.8 Å². The zero-order valence-electron chi connectivity index (χ0n) is 15.4. The number of rotatable bonds is 3. The van der Waals surface area contributed by atoms with E-state index in [1.54, 1.807) is 48.8 Å². The van der Waals surface area contributed by atoms with Crippen LogP contribution >= 0.6 is 24.0 Å². The molecular weight excluding hydrogens is 442 g/mol. The lowest BCUT2D eigenvalue weighted by atomic mass is 10.2. The summed E-state index contributed by atoms with van der Waals surface area (Å²) in [6.07, 6.45) is 5.98. The van der Waals surface area contributed by atoms with Gasteiger partial charge in [-0.25, -0.2) is 8.42 Å². The SMILES string of the molecule is CS(=O)(=O)Nc1ccc(C#Cc2cncc3cc(/C=C4\SC(=S)NC4=O)oc23)cc1. The average Bonchev–Trinajstić information content (AvgIpc) is 3.22. The quantitative estimate of drug-likeness (QED) is 0.356. The summed E-state index contributed by atoms with van der Waals surface area (Å²) < 4.78 is 31.2. The third-order valence-corrected chi connectivity index (χ3v) is 5.66. The van der Waals surface area contributed by atoms with Crippen molar-refractivity contribution in [3.8, 4) is 11.8 Å². The molecule has 10 heteroatoms. The van der Waals surface area contributed by atoms with Gasteiger partial charge in [-0.2, -0.15) is 0 Å². The molecule has 0 saturated carbocycles. The molecule has 1 aromatic carbocycles. The van der Waals surface area contributed by atoms with Gasteiger partial charge in [-0.15, -0.1) is 0 Å². The zero-order valence-corrected chi connectivity index (χ0v) is 17.9. The highest BCUT2D eigenvalue weighted by atomic mass is 32.2. The highest BCUT2D eigenvalue weighted by Gasteiger charge is 2.22. The fraction of sp³-hybridized carbons (Fsp3) is 0.0500. The van der Waals surface area contributed by atoms with Crippen LogP contribution in [0.5, 0.6) is 0 Å². The van der Waals surface area contributed by atoms with Gasteiger partial charge in [0.1, 0.15) is 10.1 Å². The van der Waals surface area contributed by atoms with Crippen molar-refractivity contribution in [1.82, 2.24) is 10.3 Å². The first-order valence-electron chi connectivity index (χ1n) is 8.49. The first-order valence-corrected chi connectivity index (χ1v) is 11.6. The van der Waals surface area contributed by atoms with Crippen molar-refractivity contribution in [2.24, 2.45) is 0 Å². The molecule has 0 radical (unpaired) electrons. The van der Waals surface area contributed by atoms with E-state index >= 15 is 0 Å². The number of thiocarbonyl (C=S) groups is 1. The van der Waals surface area contributed by atoms with Gasteiger partial charge in [0.2, 0.25) is 10.0 Å². The lowest BCUT2D eigenvalue weighted by Gasteiger charge is -2.02. The molecule has 0 atom stereocenters. The second-order valence-electron chi connectivity index (χ2n) is 6.31. The van der Waals surface area contributed by atoms with Crippen LogP contribution in [0.2, 0.25) is 0 Å². The van der Waals surface area contributed by atoms with Gasteiger partial charge in [0.05, 0.1) is 16.7 Å². The number of furan rings is 1. The molecule has 1 aliphatic rings. The van der Waals surface area contributed by atoms with Crippen LogP contribution in [0.15, 0.2) is 52.0 Å². The van der Waals surface area contributed by atoms with E-state index < -0.39 is 10.0 Å². The number of anilines is 1.